The van der Waals surface area contributed by atoms with Crippen molar-refractivity contribution < 1.29 is 52.1 Å². The van der Waals surface area contributed by atoms with E-state index in [4.69, 9.17) is 27.2 Å². The molecule has 1 saturated carbocycles. The van der Waals surface area contributed by atoms with E-state index in [1.807, 2.05) is 55.4 Å². The summed E-state index contributed by atoms with van der Waals surface area (Å²) in [5.74, 6) is -0.842. The van der Waals surface area contributed by atoms with Gasteiger partial charge in [-0.2, -0.15) is 0 Å². The van der Waals surface area contributed by atoms with E-state index in [1.54, 1.807) is 12.1 Å². The fourth-order valence-corrected chi connectivity index (χ4v) is 17.3. The van der Waals surface area contributed by atoms with Crippen molar-refractivity contribution in [1.82, 2.24) is 0 Å². The number of aliphatic hydroxyl groups is 3. The van der Waals surface area contributed by atoms with Crippen LogP contribution in [0.4, 0.5) is 0 Å². The summed E-state index contributed by atoms with van der Waals surface area (Å²) in [7, 11) is -4.78. The predicted molar refractivity (Wildman–Crippen MR) is 164 cm³/mol. The van der Waals surface area contributed by atoms with Crippen LogP contribution in [0.5, 0.6) is 11.5 Å². The van der Waals surface area contributed by atoms with Crippen LogP contribution in [-0.4, -0.2) is 88.1 Å². The average molecular weight is 641 g/mol. The molecule has 1 saturated heterocycles. The Bertz CT molecular complexity index is 1150. The van der Waals surface area contributed by atoms with Crippen LogP contribution in [0.1, 0.15) is 67.9 Å². The number of ether oxygens (including phenoxy) is 3. The highest BCUT2D eigenvalue weighted by Gasteiger charge is 2.65. The van der Waals surface area contributed by atoms with Crippen LogP contribution < -0.4 is 9.47 Å². The van der Waals surface area contributed by atoms with Crippen LogP contribution in [0.25, 0.3) is 6.08 Å². The van der Waals surface area contributed by atoms with Gasteiger partial charge >= 0.3 is 29.1 Å². The first-order chi connectivity index (χ1) is 20.0. The Morgan fingerprint density at radius 3 is 1.79 bits per heavy atom. The highest BCUT2D eigenvalue weighted by molar-refractivity contribution is 6.84. The van der Waals surface area contributed by atoms with Gasteiger partial charge in [-0.25, -0.2) is 4.79 Å². The molecule has 1 aliphatic carbocycles. The Balaban J connectivity index is 1.92. The molecule has 0 radical (unpaired) electrons. The largest absolute Gasteiger partial charge is 0.493 e. The van der Waals surface area contributed by atoms with Crippen molar-refractivity contribution in [3.63, 3.8) is 0 Å². The average Bonchev–Trinajstić information content (AvgIpc) is 3.11. The van der Waals surface area contributed by atoms with E-state index >= 15 is 0 Å². The topological polar surface area (TPSA) is 150 Å². The minimum atomic E-state index is -3.12. The van der Waals surface area contributed by atoms with Gasteiger partial charge in [0.25, 0.3) is 0 Å². The first-order valence-corrected chi connectivity index (χ1v) is 18.8. The highest BCUT2D eigenvalue weighted by Crippen LogP contribution is 2.49. The van der Waals surface area contributed by atoms with E-state index in [2.05, 4.69) is 0 Å². The van der Waals surface area contributed by atoms with Crippen molar-refractivity contribution in [1.29, 1.82) is 0 Å². The molecule has 1 aliphatic heterocycles. The SMILES string of the molecule is COc1cc(/C=C/C(=O)O[C@H]2[C@H](O)[C@@H](O)[C@@H]3O[Si](C(C)C)(C(C)C)O[Si](C(C)C)(C(C)C)O[C@H]3[C@H]2O)ccc1OC(C)=O. The molecule has 3 rings (SSSR count). The summed E-state index contributed by atoms with van der Waals surface area (Å²) in [4.78, 5) is 24.2. The van der Waals surface area contributed by atoms with Gasteiger partial charge in [0.05, 0.1) is 7.11 Å². The number of hydrogen-bond acceptors (Lipinski definition) is 11. The summed E-state index contributed by atoms with van der Waals surface area (Å²) in [5.41, 5.74) is 0.471. The lowest BCUT2D eigenvalue weighted by atomic mass is 9.85. The molecule has 0 spiro atoms. The van der Waals surface area contributed by atoms with E-state index in [0.717, 1.165) is 6.08 Å². The molecule has 6 atom stereocenters. The Labute approximate surface area is 256 Å². The summed E-state index contributed by atoms with van der Waals surface area (Å²) in [6.45, 7) is 17.5. The molecule has 13 heteroatoms. The molecule has 242 valence electrons. The van der Waals surface area contributed by atoms with Gasteiger partial charge < -0.3 is 42.5 Å². The predicted octanol–water partition coefficient (Wildman–Crippen LogP) is 3.97. The van der Waals surface area contributed by atoms with Gasteiger partial charge in [0.15, 0.2) is 17.6 Å². The van der Waals surface area contributed by atoms with Gasteiger partial charge in [0, 0.05) is 13.0 Å². The zero-order chi connectivity index (χ0) is 32.4. The third-order valence-electron chi connectivity index (χ3n) is 8.30. The molecule has 1 aromatic carbocycles. The Morgan fingerprint density at radius 1 is 0.814 bits per heavy atom. The summed E-state index contributed by atoms with van der Waals surface area (Å²) >= 11 is 0. The molecular formula is C30H48O11Si2. The second kappa shape index (κ2) is 13.9. The molecule has 0 unspecified atom stereocenters. The number of aliphatic hydroxyl groups excluding tert-OH is 3. The highest BCUT2D eigenvalue weighted by atomic mass is 28.5. The van der Waals surface area contributed by atoms with Gasteiger partial charge in [0.2, 0.25) is 0 Å². The summed E-state index contributed by atoms with van der Waals surface area (Å²) in [5, 5.41) is 34.0. The third kappa shape index (κ3) is 7.09. The van der Waals surface area contributed by atoms with E-state index in [0.29, 0.717) is 5.56 Å². The van der Waals surface area contributed by atoms with Gasteiger partial charge in [0.1, 0.15) is 30.5 Å². The standard InChI is InChI=1S/C30H48O11Si2/c1-16(2)42(17(3)4)39-29-26(34)25(33)28(27(35)30(29)40-43(41-42,18(5)6)19(7)8)38-24(32)14-12-21-11-13-22(37-20(9)31)23(15-21)36-10/h11-19,25-30,33-35H,1-10H3/b14-12+/t25-,26-,27+,28+,29+,30+/m1/s1. The van der Waals surface area contributed by atoms with Gasteiger partial charge in [-0.3, -0.25) is 4.79 Å². The zero-order valence-electron chi connectivity index (χ0n) is 26.8. The third-order valence-corrected chi connectivity index (χ3v) is 18.6. The molecule has 1 aromatic rings. The van der Waals surface area contributed by atoms with Crippen LogP contribution >= 0.6 is 0 Å². The van der Waals surface area contributed by atoms with Crippen molar-refractivity contribution in [3.8, 4) is 11.5 Å². The summed E-state index contributed by atoms with van der Waals surface area (Å²) in [6.07, 6.45) is -5.74. The maximum absolute atomic E-state index is 12.9. The Morgan fingerprint density at radius 2 is 1.33 bits per heavy atom. The van der Waals surface area contributed by atoms with Crippen molar-refractivity contribution >= 4 is 35.1 Å². The number of benzene rings is 1. The number of rotatable bonds is 9. The number of methoxy groups -OCH3 is 1. The molecule has 11 nitrogen and oxygen atoms in total. The summed E-state index contributed by atoms with van der Waals surface area (Å²) in [6, 6.07) is 4.71. The smallest absolute Gasteiger partial charge is 0.335 e. The van der Waals surface area contributed by atoms with Crippen LogP contribution in [-0.2, 0) is 27.3 Å². The van der Waals surface area contributed by atoms with E-state index < -0.39 is 65.7 Å². The lowest BCUT2D eigenvalue weighted by molar-refractivity contribution is -0.224. The van der Waals surface area contributed by atoms with Crippen molar-refractivity contribution in [2.24, 2.45) is 0 Å². The monoisotopic (exact) mass is 640 g/mol. The Hall–Kier alpha value is -2.11. The zero-order valence-corrected chi connectivity index (χ0v) is 28.8. The molecule has 2 fully saturated rings. The number of hydrogen-bond donors (Lipinski definition) is 3. The number of fused-ring (bicyclic) bond motifs is 1. The molecule has 0 aromatic heterocycles. The normalized spacial score (nSPS) is 28.7. The maximum atomic E-state index is 12.9. The van der Waals surface area contributed by atoms with Gasteiger partial charge in [-0.1, -0.05) is 61.5 Å². The fraction of sp³-hybridized carbons (Fsp3) is 0.667. The minimum Gasteiger partial charge on any atom is -0.493 e. The van der Waals surface area contributed by atoms with Crippen molar-refractivity contribution in [2.75, 3.05) is 7.11 Å². The fourth-order valence-electron chi connectivity index (χ4n) is 6.02. The van der Waals surface area contributed by atoms with E-state index in [9.17, 15) is 24.9 Å². The minimum absolute atomic E-state index is 0.0110. The quantitative estimate of drug-likeness (QED) is 0.156. The molecule has 0 amide bonds. The molecule has 1 heterocycles. The second-order valence-corrected chi connectivity index (χ2v) is 21.3. The van der Waals surface area contributed by atoms with Crippen LogP contribution in [0.2, 0.25) is 22.2 Å². The number of esters is 2. The first kappa shape index (κ1) is 35.4. The van der Waals surface area contributed by atoms with Gasteiger partial charge in [-0.05, 0) is 45.9 Å². The molecule has 2 aliphatic rings. The maximum Gasteiger partial charge on any atom is 0.335 e. The molecule has 3 N–H and O–H groups in total. The number of carbonyl (C=O) groups excluding carboxylic acids is 2. The van der Waals surface area contributed by atoms with Crippen LogP contribution in [0.3, 0.4) is 0 Å². The number of carbonyl (C=O) groups is 2. The van der Waals surface area contributed by atoms with Crippen molar-refractivity contribution in [2.45, 2.75) is 121 Å². The lowest BCUT2D eigenvalue weighted by Crippen LogP contribution is -2.67. The second-order valence-electron chi connectivity index (χ2n) is 12.5. The van der Waals surface area contributed by atoms with Crippen molar-refractivity contribution in [3.05, 3.63) is 29.8 Å². The van der Waals surface area contributed by atoms with Crippen LogP contribution in [0, 0.1) is 0 Å². The molecule has 43 heavy (non-hydrogen) atoms. The van der Waals surface area contributed by atoms with Gasteiger partial charge in [-0.15, -0.1) is 0 Å². The lowest BCUT2D eigenvalue weighted by Gasteiger charge is -2.46. The van der Waals surface area contributed by atoms with E-state index in [-0.39, 0.29) is 33.7 Å². The van der Waals surface area contributed by atoms with Crippen LogP contribution in [0.15, 0.2) is 24.3 Å². The molecular weight excluding hydrogens is 592 g/mol. The summed E-state index contributed by atoms with van der Waals surface area (Å²) < 4.78 is 36.4. The first-order valence-electron chi connectivity index (χ1n) is 14.9. The van der Waals surface area contributed by atoms with E-state index in [1.165, 1.54) is 26.2 Å². The molecule has 0 bridgehead atoms. The Kier molecular flexibility index (Phi) is 11.4.